The number of hydrogen-bond donors (Lipinski definition) is 1. The van der Waals surface area contributed by atoms with Crippen LogP contribution in [-0.4, -0.2) is 26.2 Å². The van der Waals surface area contributed by atoms with E-state index >= 15 is 0 Å². The standard InChI is InChI=1S/C17H20N2O3/c1-20-15-10-8-14(9-11-15)17(18)19-22-13-5-12-21-16-6-3-2-4-7-16/h2-4,6-11H,5,12-13H2,1H3,(H2,18,19). The Morgan fingerprint density at radius 3 is 2.36 bits per heavy atom. The molecule has 0 amide bonds. The van der Waals surface area contributed by atoms with Gasteiger partial charge in [0, 0.05) is 12.0 Å². The van der Waals surface area contributed by atoms with Crippen LogP contribution in [0.5, 0.6) is 11.5 Å². The van der Waals surface area contributed by atoms with Crippen molar-refractivity contribution >= 4 is 5.84 Å². The molecule has 0 saturated heterocycles. The zero-order chi connectivity index (χ0) is 15.6. The van der Waals surface area contributed by atoms with Gasteiger partial charge in [-0.05, 0) is 36.4 Å². The van der Waals surface area contributed by atoms with Gasteiger partial charge in [-0.25, -0.2) is 0 Å². The highest BCUT2D eigenvalue weighted by Crippen LogP contribution is 2.11. The maximum absolute atomic E-state index is 5.85. The van der Waals surface area contributed by atoms with Crippen molar-refractivity contribution in [2.45, 2.75) is 6.42 Å². The van der Waals surface area contributed by atoms with Gasteiger partial charge in [0.2, 0.25) is 0 Å². The van der Waals surface area contributed by atoms with E-state index in [-0.39, 0.29) is 0 Å². The number of rotatable bonds is 8. The summed E-state index contributed by atoms with van der Waals surface area (Å²) in [4.78, 5) is 5.20. The lowest BCUT2D eigenvalue weighted by Crippen LogP contribution is -2.14. The molecule has 0 atom stereocenters. The second-order valence-corrected chi connectivity index (χ2v) is 4.55. The topological polar surface area (TPSA) is 66.1 Å². The molecule has 0 aromatic heterocycles. The third-order valence-corrected chi connectivity index (χ3v) is 2.94. The Balaban J connectivity index is 1.68. The summed E-state index contributed by atoms with van der Waals surface area (Å²) in [6.45, 7) is 1.02. The van der Waals surface area contributed by atoms with Crippen LogP contribution < -0.4 is 15.2 Å². The Hall–Kier alpha value is -2.69. The highest BCUT2D eigenvalue weighted by molar-refractivity contribution is 5.97. The third-order valence-electron chi connectivity index (χ3n) is 2.94. The Morgan fingerprint density at radius 1 is 0.955 bits per heavy atom. The molecule has 0 heterocycles. The van der Waals surface area contributed by atoms with E-state index in [0.717, 1.165) is 23.5 Å². The van der Waals surface area contributed by atoms with Crippen molar-refractivity contribution in [3.63, 3.8) is 0 Å². The SMILES string of the molecule is COc1ccc(/C(N)=N/OCCCOc2ccccc2)cc1. The van der Waals surface area contributed by atoms with E-state index in [0.29, 0.717) is 19.0 Å². The summed E-state index contributed by atoms with van der Waals surface area (Å²) in [5.74, 6) is 1.96. The zero-order valence-electron chi connectivity index (χ0n) is 12.6. The van der Waals surface area contributed by atoms with Crippen LogP contribution in [-0.2, 0) is 4.84 Å². The fraction of sp³-hybridized carbons (Fsp3) is 0.235. The molecule has 5 nitrogen and oxygen atoms in total. The van der Waals surface area contributed by atoms with Crippen molar-refractivity contribution < 1.29 is 14.3 Å². The minimum Gasteiger partial charge on any atom is -0.497 e. The third kappa shape index (κ3) is 5.01. The van der Waals surface area contributed by atoms with Gasteiger partial charge in [-0.2, -0.15) is 0 Å². The van der Waals surface area contributed by atoms with Gasteiger partial charge in [-0.15, -0.1) is 0 Å². The Kier molecular flexibility index (Phi) is 6.11. The van der Waals surface area contributed by atoms with Crippen LogP contribution in [0, 0.1) is 0 Å². The molecular weight excluding hydrogens is 280 g/mol. The summed E-state index contributed by atoms with van der Waals surface area (Å²) in [6.07, 6.45) is 0.730. The minimum atomic E-state index is 0.339. The molecule has 0 aliphatic rings. The first-order valence-electron chi connectivity index (χ1n) is 7.07. The van der Waals surface area contributed by atoms with Crippen molar-refractivity contribution in [1.29, 1.82) is 0 Å². The van der Waals surface area contributed by atoms with Gasteiger partial charge in [0.1, 0.15) is 18.1 Å². The van der Waals surface area contributed by atoms with Crippen molar-refractivity contribution in [3.05, 3.63) is 60.2 Å². The maximum Gasteiger partial charge on any atom is 0.170 e. The van der Waals surface area contributed by atoms with E-state index in [1.165, 1.54) is 0 Å². The van der Waals surface area contributed by atoms with Crippen LogP contribution in [0.15, 0.2) is 59.8 Å². The number of para-hydroxylation sites is 1. The lowest BCUT2D eigenvalue weighted by molar-refractivity contribution is 0.127. The molecule has 0 saturated carbocycles. The smallest absolute Gasteiger partial charge is 0.170 e. The molecule has 0 bridgehead atoms. The molecule has 2 aromatic rings. The number of hydrogen-bond acceptors (Lipinski definition) is 4. The van der Waals surface area contributed by atoms with Gasteiger partial charge < -0.3 is 20.0 Å². The van der Waals surface area contributed by atoms with Gasteiger partial charge >= 0.3 is 0 Å². The van der Waals surface area contributed by atoms with Gasteiger partial charge in [0.25, 0.3) is 0 Å². The second-order valence-electron chi connectivity index (χ2n) is 4.55. The molecule has 0 spiro atoms. The fourth-order valence-corrected chi connectivity index (χ4v) is 1.76. The first kappa shape index (κ1) is 15.7. The zero-order valence-corrected chi connectivity index (χ0v) is 12.6. The van der Waals surface area contributed by atoms with Crippen LogP contribution in [0.4, 0.5) is 0 Å². The highest BCUT2D eigenvalue weighted by Gasteiger charge is 1.99. The van der Waals surface area contributed by atoms with E-state index in [2.05, 4.69) is 5.16 Å². The van der Waals surface area contributed by atoms with Crippen molar-refractivity contribution in [2.24, 2.45) is 10.9 Å². The fourth-order valence-electron chi connectivity index (χ4n) is 1.76. The Bertz CT molecular complexity index is 583. The summed E-state index contributed by atoms with van der Waals surface area (Å²) in [7, 11) is 1.62. The average molecular weight is 300 g/mol. The number of methoxy groups -OCH3 is 1. The largest absolute Gasteiger partial charge is 0.497 e. The number of oxime groups is 1. The predicted molar refractivity (Wildman–Crippen MR) is 86.2 cm³/mol. The first-order chi connectivity index (χ1) is 10.8. The number of amidine groups is 1. The van der Waals surface area contributed by atoms with Crippen LogP contribution in [0.25, 0.3) is 0 Å². The first-order valence-corrected chi connectivity index (χ1v) is 7.07. The van der Waals surface area contributed by atoms with Crippen LogP contribution in [0.3, 0.4) is 0 Å². The molecule has 0 unspecified atom stereocenters. The highest BCUT2D eigenvalue weighted by atomic mass is 16.6. The molecule has 2 N–H and O–H groups in total. The molecular formula is C17H20N2O3. The summed E-state index contributed by atoms with van der Waals surface area (Å²) < 4.78 is 10.6. The molecule has 22 heavy (non-hydrogen) atoms. The van der Waals surface area contributed by atoms with Gasteiger partial charge in [-0.3, -0.25) is 0 Å². The monoisotopic (exact) mass is 300 g/mol. The number of nitrogens with zero attached hydrogens (tertiary/aromatic N) is 1. The predicted octanol–water partition coefficient (Wildman–Crippen LogP) is 2.80. The Labute approximate surface area is 130 Å². The van der Waals surface area contributed by atoms with E-state index in [1.807, 2.05) is 54.6 Å². The summed E-state index contributed by atoms with van der Waals surface area (Å²) in [5, 5.41) is 3.89. The number of benzene rings is 2. The van der Waals surface area contributed by atoms with Crippen LogP contribution >= 0.6 is 0 Å². The molecule has 116 valence electrons. The number of nitrogens with two attached hydrogens (primary N) is 1. The van der Waals surface area contributed by atoms with Crippen molar-refractivity contribution in [2.75, 3.05) is 20.3 Å². The average Bonchev–Trinajstić information content (AvgIpc) is 2.58. The molecule has 0 radical (unpaired) electrons. The van der Waals surface area contributed by atoms with E-state index in [9.17, 15) is 0 Å². The van der Waals surface area contributed by atoms with Crippen molar-refractivity contribution in [1.82, 2.24) is 0 Å². The molecule has 0 aliphatic carbocycles. The normalized spacial score (nSPS) is 11.0. The molecule has 0 fully saturated rings. The van der Waals surface area contributed by atoms with E-state index in [1.54, 1.807) is 7.11 Å². The lowest BCUT2D eigenvalue weighted by atomic mass is 10.2. The van der Waals surface area contributed by atoms with Crippen molar-refractivity contribution in [3.8, 4) is 11.5 Å². The molecule has 0 aliphatic heterocycles. The minimum absolute atomic E-state index is 0.339. The van der Waals surface area contributed by atoms with Gasteiger partial charge in [0.15, 0.2) is 5.84 Å². The second kappa shape index (κ2) is 8.56. The lowest BCUT2D eigenvalue weighted by Gasteiger charge is -2.06. The van der Waals surface area contributed by atoms with Gasteiger partial charge in [-0.1, -0.05) is 23.4 Å². The summed E-state index contributed by atoms with van der Waals surface area (Å²) in [6, 6.07) is 17.0. The van der Waals surface area contributed by atoms with Gasteiger partial charge in [0.05, 0.1) is 13.7 Å². The molecule has 5 heteroatoms. The van der Waals surface area contributed by atoms with E-state index < -0.39 is 0 Å². The number of ether oxygens (including phenoxy) is 2. The molecule has 2 rings (SSSR count). The van der Waals surface area contributed by atoms with E-state index in [4.69, 9.17) is 20.0 Å². The van der Waals surface area contributed by atoms with Crippen LogP contribution in [0.2, 0.25) is 0 Å². The van der Waals surface area contributed by atoms with Crippen LogP contribution in [0.1, 0.15) is 12.0 Å². The summed E-state index contributed by atoms with van der Waals surface area (Å²) in [5.41, 5.74) is 6.64. The summed E-state index contributed by atoms with van der Waals surface area (Å²) >= 11 is 0. The molecule has 2 aromatic carbocycles. The maximum atomic E-state index is 5.85. The quantitative estimate of drug-likeness (QED) is 0.352. The Morgan fingerprint density at radius 2 is 1.68 bits per heavy atom.